The number of nitrogens with one attached hydrogen (secondary N) is 1. The van der Waals surface area contributed by atoms with Gasteiger partial charge in [0.25, 0.3) is 5.89 Å². The SMILES string of the molecule is CSc1ccc(-c2nc(COC3CCNCC3)no2)cc1. The molecule has 21 heavy (non-hydrogen) atoms. The van der Waals surface area contributed by atoms with Gasteiger partial charge in [0, 0.05) is 10.5 Å². The molecule has 2 heterocycles. The number of piperidine rings is 1. The van der Waals surface area contributed by atoms with Gasteiger partial charge in [0.15, 0.2) is 5.82 Å². The first-order chi connectivity index (χ1) is 10.3. The molecule has 0 aliphatic carbocycles. The van der Waals surface area contributed by atoms with E-state index >= 15 is 0 Å². The van der Waals surface area contributed by atoms with Crippen molar-refractivity contribution < 1.29 is 9.26 Å². The van der Waals surface area contributed by atoms with Crippen molar-refractivity contribution >= 4 is 11.8 Å². The zero-order valence-corrected chi connectivity index (χ0v) is 12.9. The molecule has 1 aromatic heterocycles. The Morgan fingerprint density at radius 2 is 2.05 bits per heavy atom. The first-order valence-electron chi connectivity index (χ1n) is 7.14. The van der Waals surface area contributed by atoms with E-state index in [1.54, 1.807) is 11.8 Å². The second-order valence-electron chi connectivity index (χ2n) is 5.00. The number of hydrogen-bond acceptors (Lipinski definition) is 6. The summed E-state index contributed by atoms with van der Waals surface area (Å²) in [6.07, 6.45) is 4.44. The molecule has 1 aliphatic heterocycles. The van der Waals surface area contributed by atoms with Gasteiger partial charge in [-0.3, -0.25) is 0 Å². The summed E-state index contributed by atoms with van der Waals surface area (Å²) in [6.45, 7) is 2.45. The number of nitrogens with zero attached hydrogens (tertiary/aromatic N) is 2. The minimum atomic E-state index is 0.300. The van der Waals surface area contributed by atoms with Crippen LogP contribution in [0.1, 0.15) is 18.7 Å². The summed E-state index contributed by atoms with van der Waals surface area (Å²) in [7, 11) is 0. The highest BCUT2D eigenvalue weighted by molar-refractivity contribution is 7.98. The van der Waals surface area contributed by atoms with Crippen LogP contribution in [0.25, 0.3) is 11.5 Å². The molecule has 3 rings (SSSR count). The van der Waals surface area contributed by atoms with Crippen LogP contribution in [0.4, 0.5) is 0 Å². The van der Waals surface area contributed by atoms with Gasteiger partial charge in [-0.2, -0.15) is 4.98 Å². The van der Waals surface area contributed by atoms with Crippen molar-refractivity contribution in [2.75, 3.05) is 19.3 Å². The van der Waals surface area contributed by atoms with Gasteiger partial charge in [-0.15, -0.1) is 11.8 Å². The lowest BCUT2D eigenvalue weighted by atomic mass is 10.1. The maximum absolute atomic E-state index is 5.83. The van der Waals surface area contributed by atoms with Crippen molar-refractivity contribution in [3.63, 3.8) is 0 Å². The number of ether oxygens (including phenoxy) is 1. The quantitative estimate of drug-likeness (QED) is 0.857. The van der Waals surface area contributed by atoms with Crippen molar-refractivity contribution in [3.05, 3.63) is 30.1 Å². The minimum Gasteiger partial charge on any atom is -0.370 e. The van der Waals surface area contributed by atoms with E-state index in [0.29, 0.717) is 24.4 Å². The van der Waals surface area contributed by atoms with Crippen molar-refractivity contribution in [3.8, 4) is 11.5 Å². The van der Waals surface area contributed by atoms with Crippen molar-refractivity contribution in [1.29, 1.82) is 0 Å². The van der Waals surface area contributed by atoms with Gasteiger partial charge in [0.2, 0.25) is 0 Å². The maximum atomic E-state index is 5.83. The van der Waals surface area contributed by atoms with Crippen molar-refractivity contribution in [1.82, 2.24) is 15.5 Å². The van der Waals surface area contributed by atoms with Gasteiger partial charge in [0.1, 0.15) is 6.61 Å². The molecule has 0 saturated carbocycles. The van der Waals surface area contributed by atoms with Gasteiger partial charge < -0.3 is 14.6 Å². The predicted octanol–water partition coefficient (Wildman–Crippen LogP) is 2.73. The van der Waals surface area contributed by atoms with Gasteiger partial charge in [0.05, 0.1) is 6.10 Å². The summed E-state index contributed by atoms with van der Waals surface area (Å²) in [5, 5.41) is 7.30. The topological polar surface area (TPSA) is 60.2 Å². The summed E-state index contributed by atoms with van der Waals surface area (Å²) in [5.41, 5.74) is 0.938. The van der Waals surface area contributed by atoms with Crippen LogP contribution in [0, 0.1) is 0 Å². The molecule has 5 nitrogen and oxygen atoms in total. The van der Waals surface area contributed by atoms with E-state index in [2.05, 4.69) is 33.8 Å². The standard InChI is InChI=1S/C15H19N3O2S/c1-21-13-4-2-11(3-5-13)15-17-14(18-20-15)10-19-12-6-8-16-9-7-12/h2-5,12,16H,6-10H2,1H3. The van der Waals surface area contributed by atoms with Crippen LogP contribution >= 0.6 is 11.8 Å². The van der Waals surface area contributed by atoms with E-state index < -0.39 is 0 Å². The van der Waals surface area contributed by atoms with E-state index in [-0.39, 0.29) is 0 Å². The lowest BCUT2D eigenvalue weighted by Gasteiger charge is -2.22. The predicted molar refractivity (Wildman–Crippen MR) is 82.2 cm³/mol. The molecule has 1 aliphatic rings. The normalized spacial score (nSPS) is 16.2. The first kappa shape index (κ1) is 14.6. The fourth-order valence-electron chi connectivity index (χ4n) is 2.32. The lowest BCUT2D eigenvalue weighted by molar-refractivity contribution is 0.0170. The molecule has 0 bridgehead atoms. The summed E-state index contributed by atoms with van der Waals surface area (Å²) in [5.74, 6) is 1.16. The molecule has 0 amide bonds. The van der Waals surface area contributed by atoms with E-state index in [9.17, 15) is 0 Å². The summed E-state index contributed by atoms with van der Waals surface area (Å²) in [4.78, 5) is 5.61. The third-order valence-corrected chi connectivity index (χ3v) is 4.28. The summed E-state index contributed by atoms with van der Waals surface area (Å²) < 4.78 is 11.1. The number of benzene rings is 1. The molecule has 0 unspecified atom stereocenters. The molecular formula is C15H19N3O2S. The maximum Gasteiger partial charge on any atom is 0.258 e. The summed E-state index contributed by atoms with van der Waals surface area (Å²) in [6, 6.07) is 8.10. The van der Waals surface area contributed by atoms with Gasteiger partial charge in [-0.25, -0.2) is 0 Å². The number of thioether (sulfide) groups is 1. The Bertz CT molecular complexity index is 565. The van der Waals surface area contributed by atoms with Crippen LogP contribution in [-0.2, 0) is 11.3 Å². The van der Waals surface area contributed by atoms with E-state index in [4.69, 9.17) is 9.26 Å². The van der Waals surface area contributed by atoms with Crippen molar-refractivity contribution in [2.24, 2.45) is 0 Å². The van der Waals surface area contributed by atoms with E-state index in [1.165, 1.54) is 4.90 Å². The number of rotatable bonds is 5. The average Bonchev–Trinajstić information content (AvgIpc) is 3.03. The third-order valence-electron chi connectivity index (χ3n) is 3.54. The van der Waals surface area contributed by atoms with Crippen molar-refractivity contribution in [2.45, 2.75) is 30.4 Å². The fraction of sp³-hybridized carbons (Fsp3) is 0.467. The molecule has 1 aromatic carbocycles. The molecule has 1 fully saturated rings. The molecular weight excluding hydrogens is 286 g/mol. The van der Waals surface area contributed by atoms with Crippen LogP contribution in [-0.4, -0.2) is 35.6 Å². The molecule has 0 spiro atoms. The second kappa shape index (κ2) is 7.06. The Kier molecular flexibility index (Phi) is 4.90. The second-order valence-corrected chi connectivity index (χ2v) is 5.88. The van der Waals surface area contributed by atoms with Crippen LogP contribution in [0.2, 0.25) is 0 Å². The summed E-state index contributed by atoms with van der Waals surface area (Å²) >= 11 is 1.71. The fourth-order valence-corrected chi connectivity index (χ4v) is 2.73. The molecule has 0 atom stereocenters. The third kappa shape index (κ3) is 3.84. The first-order valence-corrected chi connectivity index (χ1v) is 8.37. The van der Waals surface area contributed by atoms with Gasteiger partial charge in [-0.1, -0.05) is 5.16 Å². The van der Waals surface area contributed by atoms with Gasteiger partial charge >= 0.3 is 0 Å². The zero-order valence-electron chi connectivity index (χ0n) is 12.0. The molecule has 0 radical (unpaired) electrons. The largest absolute Gasteiger partial charge is 0.370 e. The van der Waals surface area contributed by atoms with Gasteiger partial charge in [-0.05, 0) is 56.5 Å². The number of aromatic nitrogens is 2. The molecule has 2 aromatic rings. The Morgan fingerprint density at radius 3 is 2.76 bits per heavy atom. The van der Waals surface area contributed by atoms with E-state index in [1.807, 2.05) is 12.1 Å². The molecule has 1 N–H and O–H groups in total. The van der Waals surface area contributed by atoms with Crippen LogP contribution in [0.5, 0.6) is 0 Å². The Labute approximate surface area is 128 Å². The van der Waals surface area contributed by atoms with Crippen LogP contribution in [0.3, 0.4) is 0 Å². The molecule has 6 heteroatoms. The Morgan fingerprint density at radius 1 is 1.29 bits per heavy atom. The highest BCUT2D eigenvalue weighted by Crippen LogP contribution is 2.22. The lowest BCUT2D eigenvalue weighted by Crippen LogP contribution is -2.32. The monoisotopic (exact) mass is 305 g/mol. The van der Waals surface area contributed by atoms with Crippen LogP contribution in [0.15, 0.2) is 33.7 Å². The molecule has 1 saturated heterocycles. The Balaban J connectivity index is 1.59. The smallest absolute Gasteiger partial charge is 0.258 e. The van der Waals surface area contributed by atoms with Crippen LogP contribution < -0.4 is 5.32 Å². The number of hydrogen-bond donors (Lipinski definition) is 1. The average molecular weight is 305 g/mol. The zero-order chi connectivity index (χ0) is 14.5. The Hall–Kier alpha value is -1.37. The highest BCUT2D eigenvalue weighted by Gasteiger charge is 2.15. The van der Waals surface area contributed by atoms with E-state index in [0.717, 1.165) is 31.5 Å². The minimum absolute atomic E-state index is 0.300. The highest BCUT2D eigenvalue weighted by atomic mass is 32.2. The molecule has 112 valence electrons.